The third-order valence-electron chi connectivity index (χ3n) is 3.03. The summed E-state index contributed by atoms with van der Waals surface area (Å²) in [4.78, 5) is 0. The fraction of sp³-hybridized carbons (Fsp3) is 0.846. The molecule has 1 rings (SSSR count). The van der Waals surface area contributed by atoms with Crippen molar-refractivity contribution in [2.45, 2.75) is 58.0 Å². The Labute approximate surface area is 108 Å². The van der Waals surface area contributed by atoms with Gasteiger partial charge in [-0.25, -0.2) is 0 Å². The lowest BCUT2D eigenvalue weighted by Crippen LogP contribution is -2.49. The molecule has 0 aromatic carbocycles. The molecule has 5 heteroatoms. The van der Waals surface area contributed by atoms with Crippen molar-refractivity contribution in [2.24, 2.45) is 0 Å². The zero-order valence-electron chi connectivity index (χ0n) is 11.7. The average molecular weight is 258 g/mol. The van der Waals surface area contributed by atoms with Crippen LogP contribution in [0.3, 0.4) is 0 Å². The number of hydrogen-bond donors (Lipinski definition) is 1. The molecule has 0 aliphatic carbocycles. The van der Waals surface area contributed by atoms with Crippen LogP contribution in [0, 0.1) is 0 Å². The van der Waals surface area contributed by atoms with Crippen molar-refractivity contribution in [3.63, 3.8) is 0 Å². The van der Waals surface area contributed by atoms with E-state index in [1.165, 1.54) is 0 Å². The number of hydrogen-bond acceptors (Lipinski definition) is 4. The van der Waals surface area contributed by atoms with Crippen LogP contribution in [-0.2, 0) is 14.2 Å². The molecule has 104 valence electrons. The normalized spacial score (nSPS) is 31.4. The number of aliphatic hydroxyl groups excluding tert-OH is 1. The first kappa shape index (κ1) is 15.2. The summed E-state index contributed by atoms with van der Waals surface area (Å²) in [6, 6.07) is 0. The lowest BCUT2D eigenvalue weighted by Gasteiger charge is -2.31. The molecule has 18 heavy (non-hydrogen) atoms. The van der Waals surface area contributed by atoms with E-state index < -0.39 is 5.60 Å². The second kappa shape index (κ2) is 6.34. The Morgan fingerprint density at radius 3 is 2.78 bits per heavy atom. The average Bonchev–Trinajstić information content (AvgIpc) is 2.63. The molecule has 5 nitrogen and oxygen atoms in total. The van der Waals surface area contributed by atoms with Gasteiger partial charge >= 0.3 is 5.90 Å². The van der Waals surface area contributed by atoms with Crippen LogP contribution in [-0.4, -0.2) is 54.8 Å². The number of ether oxygens (including phenoxy) is 3. The molecule has 0 saturated carbocycles. The van der Waals surface area contributed by atoms with E-state index >= 15 is 0 Å². The predicted molar refractivity (Wildman–Crippen MR) is 70.9 cm³/mol. The molecule has 0 amide bonds. The lowest BCUT2D eigenvalue weighted by molar-refractivity contribution is -0.150. The van der Waals surface area contributed by atoms with Gasteiger partial charge in [0, 0.05) is 6.42 Å². The summed E-state index contributed by atoms with van der Waals surface area (Å²) < 4.78 is 20.9. The van der Waals surface area contributed by atoms with E-state index in [2.05, 4.69) is 11.4 Å². The maximum atomic E-state index is 9.66. The monoisotopic (exact) mass is 258 g/mol. The quantitative estimate of drug-likeness (QED) is 0.444. The summed E-state index contributed by atoms with van der Waals surface area (Å²) in [5.74, 6) is 0.486. The molecule has 0 spiro atoms. The molecule has 1 fully saturated rings. The van der Waals surface area contributed by atoms with Gasteiger partial charge in [-0.3, -0.25) is 0 Å². The summed E-state index contributed by atoms with van der Waals surface area (Å²) in [5, 5.41) is 9.66. The Balaban J connectivity index is 2.80. The third-order valence-corrected chi connectivity index (χ3v) is 3.03. The van der Waals surface area contributed by atoms with E-state index in [-0.39, 0.29) is 24.9 Å². The standard InChI is InChI=1S/C13H24NO4/c1-9(2)16-8-13(7-15)12(6-10(3)18-13)17-11(4)14-5/h9-10,12,15H,5-8H2,1-4H3/q+1/t10-,12?,13+/m0/s1. The topological polar surface area (TPSA) is 62.0 Å². The zero-order chi connectivity index (χ0) is 13.8. The van der Waals surface area contributed by atoms with Crippen LogP contribution < -0.4 is 4.67 Å². The predicted octanol–water partition coefficient (Wildman–Crippen LogP) is 0.523. The molecule has 0 bridgehead atoms. The number of aliphatic hydroxyl groups is 1. The first-order chi connectivity index (χ1) is 8.43. The van der Waals surface area contributed by atoms with Crippen LogP contribution >= 0.6 is 0 Å². The van der Waals surface area contributed by atoms with Gasteiger partial charge in [0.25, 0.3) is 6.72 Å². The highest BCUT2D eigenvalue weighted by Crippen LogP contribution is 2.33. The van der Waals surface area contributed by atoms with Gasteiger partial charge in [-0.05, 0) is 20.8 Å². The smallest absolute Gasteiger partial charge is 0.429 e. The van der Waals surface area contributed by atoms with E-state index in [1.807, 2.05) is 20.8 Å². The molecule has 3 atom stereocenters. The molecule has 1 aliphatic heterocycles. The van der Waals surface area contributed by atoms with Gasteiger partial charge in [-0.2, -0.15) is 0 Å². The molecule has 0 aromatic rings. The van der Waals surface area contributed by atoms with E-state index in [9.17, 15) is 5.11 Å². The summed E-state index contributed by atoms with van der Waals surface area (Å²) in [5.41, 5.74) is -0.810. The molecule has 0 radical (unpaired) electrons. The van der Waals surface area contributed by atoms with E-state index in [0.29, 0.717) is 18.9 Å². The lowest BCUT2D eigenvalue weighted by atomic mass is 9.98. The first-order valence-electron chi connectivity index (χ1n) is 6.30. The van der Waals surface area contributed by atoms with Gasteiger partial charge in [-0.15, -0.1) is 0 Å². The molecule has 1 unspecified atom stereocenters. The van der Waals surface area contributed by atoms with Gasteiger partial charge in [0.1, 0.15) is 6.10 Å². The Hall–Kier alpha value is -0.870. The van der Waals surface area contributed by atoms with Crippen molar-refractivity contribution in [3.05, 3.63) is 0 Å². The van der Waals surface area contributed by atoms with E-state index in [4.69, 9.17) is 14.2 Å². The molecule has 1 N–H and O–H groups in total. The minimum atomic E-state index is -0.810. The van der Waals surface area contributed by atoms with Gasteiger partial charge in [0.15, 0.2) is 5.60 Å². The summed E-state index contributed by atoms with van der Waals surface area (Å²) >= 11 is 0. The van der Waals surface area contributed by atoms with Gasteiger partial charge in [0.05, 0.1) is 32.3 Å². The second-order valence-corrected chi connectivity index (χ2v) is 5.03. The van der Waals surface area contributed by atoms with Crippen molar-refractivity contribution in [1.82, 2.24) is 4.67 Å². The van der Waals surface area contributed by atoms with Gasteiger partial charge in [0.2, 0.25) is 0 Å². The Kier molecular flexibility index (Phi) is 5.35. The number of nitrogens with zero attached hydrogens (tertiary/aromatic N) is 1. The largest absolute Gasteiger partial charge is 0.458 e. The maximum absolute atomic E-state index is 9.66. The molecule has 1 saturated heterocycles. The third kappa shape index (κ3) is 3.56. The van der Waals surface area contributed by atoms with Gasteiger partial charge < -0.3 is 19.3 Å². The van der Waals surface area contributed by atoms with Crippen LogP contribution in [0.15, 0.2) is 0 Å². The first-order valence-corrected chi connectivity index (χ1v) is 6.30. The maximum Gasteiger partial charge on any atom is 0.458 e. The van der Waals surface area contributed by atoms with E-state index in [1.54, 1.807) is 6.92 Å². The highest BCUT2D eigenvalue weighted by molar-refractivity contribution is 5.73. The number of rotatable bonds is 5. The van der Waals surface area contributed by atoms with Crippen molar-refractivity contribution in [2.75, 3.05) is 13.2 Å². The highest BCUT2D eigenvalue weighted by Gasteiger charge is 2.50. The van der Waals surface area contributed by atoms with Crippen LogP contribution in [0.1, 0.15) is 34.1 Å². The van der Waals surface area contributed by atoms with Crippen molar-refractivity contribution in [1.29, 1.82) is 0 Å². The van der Waals surface area contributed by atoms with Crippen molar-refractivity contribution in [3.8, 4) is 0 Å². The Bertz CT molecular complexity index is 325. The molecular weight excluding hydrogens is 234 g/mol. The zero-order valence-corrected chi connectivity index (χ0v) is 11.7. The van der Waals surface area contributed by atoms with Crippen molar-refractivity contribution < 1.29 is 19.3 Å². The molecule has 1 aliphatic rings. The van der Waals surface area contributed by atoms with Crippen LogP contribution in [0.5, 0.6) is 0 Å². The summed E-state index contributed by atoms with van der Waals surface area (Å²) in [6.45, 7) is 11.2. The Morgan fingerprint density at radius 1 is 1.61 bits per heavy atom. The molecule has 1 heterocycles. The fourth-order valence-electron chi connectivity index (χ4n) is 2.06. The van der Waals surface area contributed by atoms with Crippen LogP contribution in [0.2, 0.25) is 0 Å². The van der Waals surface area contributed by atoms with Crippen molar-refractivity contribution >= 4 is 12.6 Å². The van der Waals surface area contributed by atoms with Crippen LogP contribution in [0.25, 0.3) is 0 Å². The summed E-state index contributed by atoms with van der Waals surface area (Å²) in [7, 11) is 0. The van der Waals surface area contributed by atoms with Crippen LogP contribution in [0.4, 0.5) is 0 Å². The van der Waals surface area contributed by atoms with E-state index in [0.717, 1.165) is 0 Å². The summed E-state index contributed by atoms with van der Waals surface area (Å²) in [6.07, 6.45) is 0.544. The minimum absolute atomic E-state index is 0.0236. The minimum Gasteiger partial charge on any atom is -0.429 e. The molecule has 0 aromatic heterocycles. The fourth-order valence-corrected chi connectivity index (χ4v) is 2.06. The highest BCUT2D eigenvalue weighted by atomic mass is 16.6. The molecular formula is C13H24NO4+. The van der Waals surface area contributed by atoms with Gasteiger partial charge in [-0.1, -0.05) is 4.67 Å². The Morgan fingerprint density at radius 2 is 2.28 bits per heavy atom. The second-order valence-electron chi connectivity index (χ2n) is 5.03. The SMILES string of the molecule is C=[N+]=C(C)OC1C[C@H](C)O[C@]1(CO)COC(C)C.